The summed E-state index contributed by atoms with van der Waals surface area (Å²) < 4.78 is 13.0. The lowest BCUT2D eigenvalue weighted by molar-refractivity contribution is -0.113. The molecule has 0 saturated carbocycles. The maximum Gasteiger partial charge on any atom is 0.255 e. The first kappa shape index (κ1) is 26.4. The van der Waals surface area contributed by atoms with Gasteiger partial charge < -0.3 is 20.1 Å². The maximum absolute atomic E-state index is 13.9. The highest BCUT2D eigenvalue weighted by atomic mass is 32.2. The van der Waals surface area contributed by atoms with Gasteiger partial charge in [0.05, 0.1) is 19.8 Å². The molecular formula is C30H31N5O3S. The molecule has 1 aliphatic heterocycles. The number of nitrogens with one attached hydrogen (secondary N) is 2. The van der Waals surface area contributed by atoms with Gasteiger partial charge in [-0.25, -0.2) is 4.68 Å². The fourth-order valence-electron chi connectivity index (χ4n) is 4.69. The highest BCUT2D eigenvalue weighted by Crippen LogP contribution is 2.41. The second kappa shape index (κ2) is 11.2. The molecule has 39 heavy (non-hydrogen) atoms. The summed E-state index contributed by atoms with van der Waals surface area (Å²) in [7, 11) is 3.23. The number of aryl methyl sites for hydroxylation is 2. The van der Waals surface area contributed by atoms with Crippen molar-refractivity contribution in [1.82, 2.24) is 14.8 Å². The Balaban J connectivity index is 1.57. The van der Waals surface area contributed by atoms with E-state index in [-0.39, 0.29) is 5.91 Å². The first-order chi connectivity index (χ1) is 18.9. The number of fused-ring (bicyclic) bond motifs is 1. The molecule has 5 rings (SSSR count). The number of hydrogen-bond donors (Lipinski definition) is 2. The normalized spacial score (nSPS) is 14.4. The second-order valence-corrected chi connectivity index (χ2v) is 10.3. The number of anilines is 2. The van der Waals surface area contributed by atoms with Gasteiger partial charge in [0.1, 0.15) is 17.5 Å². The van der Waals surface area contributed by atoms with E-state index in [1.807, 2.05) is 75.4 Å². The molecule has 1 atom stereocenters. The van der Waals surface area contributed by atoms with Crippen LogP contribution in [-0.2, 0) is 10.5 Å². The van der Waals surface area contributed by atoms with Crippen molar-refractivity contribution in [3.8, 4) is 11.5 Å². The topological polar surface area (TPSA) is 90.3 Å². The van der Waals surface area contributed by atoms with Gasteiger partial charge in [0.2, 0.25) is 11.1 Å². The van der Waals surface area contributed by atoms with E-state index in [1.54, 1.807) is 30.7 Å². The van der Waals surface area contributed by atoms with Gasteiger partial charge in [-0.1, -0.05) is 59.8 Å². The number of amides is 1. The number of allylic oxidation sites excluding steroid dienone is 1. The molecule has 1 aromatic heterocycles. The fourth-order valence-corrected chi connectivity index (χ4v) is 5.48. The number of thioether (sulfide) groups is 1. The molecule has 0 spiro atoms. The molecule has 9 heteroatoms. The first-order valence-corrected chi connectivity index (χ1v) is 13.6. The number of rotatable bonds is 8. The molecule has 1 amide bonds. The molecular weight excluding hydrogens is 510 g/mol. The van der Waals surface area contributed by atoms with E-state index in [1.165, 1.54) is 5.56 Å². The Bertz CT molecular complexity index is 1550. The standard InChI is InChI=1S/C30H31N5O3S/c1-18-11-13-24(19(2)15-18)32-28(36)26-20(3)31-29-33-30(39-17-21-9-7-6-8-10-21)34-35(29)27(26)23-16-22(37-4)12-14-25(23)38-5/h6-16,27H,17H2,1-5H3,(H,32,36)(H,31,33,34)/t27-/m1/s1. The Hall–Kier alpha value is -4.24. The molecule has 0 fully saturated rings. The minimum atomic E-state index is -0.601. The smallest absolute Gasteiger partial charge is 0.255 e. The third kappa shape index (κ3) is 5.49. The predicted molar refractivity (Wildman–Crippen MR) is 155 cm³/mol. The van der Waals surface area contributed by atoms with Crippen molar-refractivity contribution < 1.29 is 14.3 Å². The van der Waals surface area contributed by atoms with Gasteiger partial charge in [-0.15, -0.1) is 5.10 Å². The lowest BCUT2D eigenvalue weighted by Gasteiger charge is -2.29. The molecule has 0 saturated heterocycles. The number of carbonyl (C=O) groups is 1. The van der Waals surface area contributed by atoms with Crippen LogP contribution in [0.1, 0.15) is 35.2 Å². The third-order valence-corrected chi connectivity index (χ3v) is 7.56. The van der Waals surface area contributed by atoms with Crippen molar-refractivity contribution in [1.29, 1.82) is 0 Å². The van der Waals surface area contributed by atoms with Crippen LogP contribution in [0.3, 0.4) is 0 Å². The highest BCUT2D eigenvalue weighted by Gasteiger charge is 2.36. The van der Waals surface area contributed by atoms with Gasteiger partial charge in [-0.2, -0.15) is 4.98 Å². The van der Waals surface area contributed by atoms with E-state index in [0.717, 1.165) is 28.1 Å². The summed E-state index contributed by atoms with van der Waals surface area (Å²) in [6.45, 7) is 5.89. The van der Waals surface area contributed by atoms with Crippen LogP contribution in [0.4, 0.5) is 11.6 Å². The summed E-state index contributed by atoms with van der Waals surface area (Å²) in [6.07, 6.45) is 0. The van der Waals surface area contributed by atoms with Gasteiger partial charge in [-0.05, 0) is 56.2 Å². The number of nitrogens with zero attached hydrogens (tertiary/aromatic N) is 3. The van der Waals surface area contributed by atoms with Gasteiger partial charge >= 0.3 is 0 Å². The summed E-state index contributed by atoms with van der Waals surface area (Å²) >= 11 is 1.54. The largest absolute Gasteiger partial charge is 0.497 e. The molecule has 2 N–H and O–H groups in total. The van der Waals surface area contributed by atoms with Crippen molar-refractivity contribution in [2.45, 2.75) is 37.7 Å². The molecule has 200 valence electrons. The molecule has 3 aromatic carbocycles. The molecule has 0 aliphatic carbocycles. The molecule has 4 aromatic rings. The number of aromatic nitrogens is 3. The number of methoxy groups -OCH3 is 2. The average Bonchev–Trinajstić information content (AvgIpc) is 3.35. The Morgan fingerprint density at radius 1 is 1.03 bits per heavy atom. The van der Waals surface area contributed by atoms with E-state index < -0.39 is 6.04 Å². The summed E-state index contributed by atoms with van der Waals surface area (Å²) in [4.78, 5) is 18.7. The SMILES string of the molecule is COc1ccc(OC)c([C@@H]2C(C(=O)Nc3ccc(C)cc3C)=C(C)Nc3nc(SCc4ccccc4)nn32)c1. The first-order valence-electron chi connectivity index (χ1n) is 12.6. The van der Waals surface area contributed by atoms with Gasteiger partial charge in [0.25, 0.3) is 5.91 Å². The van der Waals surface area contributed by atoms with Crippen LogP contribution in [0.25, 0.3) is 0 Å². The van der Waals surface area contributed by atoms with Crippen LogP contribution in [0.5, 0.6) is 11.5 Å². The summed E-state index contributed by atoms with van der Waals surface area (Å²) in [5, 5.41) is 11.9. The van der Waals surface area contributed by atoms with Crippen molar-refractivity contribution in [3.05, 3.63) is 100 Å². The minimum Gasteiger partial charge on any atom is -0.497 e. The third-order valence-electron chi connectivity index (χ3n) is 6.65. The lowest BCUT2D eigenvalue weighted by Crippen LogP contribution is -2.32. The van der Waals surface area contributed by atoms with Crippen LogP contribution < -0.4 is 20.1 Å². The van der Waals surface area contributed by atoms with Crippen LogP contribution >= 0.6 is 11.8 Å². The molecule has 0 radical (unpaired) electrons. The van der Waals surface area contributed by atoms with Crippen molar-refractivity contribution in [2.75, 3.05) is 24.9 Å². The van der Waals surface area contributed by atoms with Crippen molar-refractivity contribution in [3.63, 3.8) is 0 Å². The number of hydrogen-bond acceptors (Lipinski definition) is 7. The predicted octanol–water partition coefficient (Wildman–Crippen LogP) is 6.13. The van der Waals surface area contributed by atoms with Crippen LogP contribution in [0.15, 0.2) is 83.2 Å². The zero-order valence-electron chi connectivity index (χ0n) is 22.6. The van der Waals surface area contributed by atoms with E-state index in [4.69, 9.17) is 19.6 Å². The van der Waals surface area contributed by atoms with Crippen LogP contribution in [0, 0.1) is 13.8 Å². The second-order valence-electron chi connectivity index (χ2n) is 9.38. The quantitative estimate of drug-likeness (QED) is 0.259. The zero-order valence-corrected chi connectivity index (χ0v) is 23.4. The summed E-state index contributed by atoms with van der Waals surface area (Å²) in [6, 6.07) is 21.1. The van der Waals surface area contributed by atoms with E-state index in [2.05, 4.69) is 22.8 Å². The Morgan fingerprint density at radius 3 is 2.54 bits per heavy atom. The van der Waals surface area contributed by atoms with Crippen molar-refractivity contribution >= 4 is 29.3 Å². The number of ether oxygens (including phenoxy) is 2. The minimum absolute atomic E-state index is 0.235. The Morgan fingerprint density at radius 2 is 1.82 bits per heavy atom. The van der Waals surface area contributed by atoms with E-state index >= 15 is 0 Å². The monoisotopic (exact) mass is 541 g/mol. The molecule has 0 unspecified atom stereocenters. The molecule has 2 heterocycles. The summed E-state index contributed by atoms with van der Waals surface area (Å²) in [5.41, 5.74) is 6.00. The van der Waals surface area contributed by atoms with Gasteiger partial charge in [-0.3, -0.25) is 4.79 Å². The van der Waals surface area contributed by atoms with Crippen molar-refractivity contribution in [2.24, 2.45) is 0 Å². The van der Waals surface area contributed by atoms with Crippen LogP contribution in [-0.4, -0.2) is 34.9 Å². The van der Waals surface area contributed by atoms with Crippen LogP contribution in [0.2, 0.25) is 0 Å². The fraction of sp³-hybridized carbons (Fsp3) is 0.233. The Kier molecular flexibility index (Phi) is 7.60. The molecule has 0 bridgehead atoms. The maximum atomic E-state index is 13.9. The van der Waals surface area contributed by atoms with E-state index in [0.29, 0.717) is 33.9 Å². The molecule has 1 aliphatic rings. The number of carbonyl (C=O) groups excluding carboxylic acids is 1. The summed E-state index contributed by atoms with van der Waals surface area (Å²) in [5.74, 6) is 2.32. The van der Waals surface area contributed by atoms with E-state index in [9.17, 15) is 4.79 Å². The highest BCUT2D eigenvalue weighted by molar-refractivity contribution is 7.98. The average molecular weight is 542 g/mol. The molecule has 8 nitrogen and oxygen atoms in total. The Labute approximate surface area is 232 Å². The lowest BCUT2D eigenvalue weighted by atomic mass is 9.94. The zero-order chi connectivity index (χ0) is 27.5. The van der Waals surface area contributed by atoms with Gasteiger partial charge in [0.15, 0.2) is 0 Å². The van der Waals surface area contributed by atoms with Gasteiger partial charge in [0, 0.05) is 22.7 Å². The number of benzene rings is 3.